The van der Waals surface area contributed by atoms with Crippen LogP contribution in [-0.2, 0) is 11.3 Å². The highest BCUT2D eigenvalue weighted by atomic mass is 16.4. The molecule has 0 aliphatic carbocycles. The Kier molecular flexibility index (Phi) is 2.61. The summed E-state index contributed by atoms with van der Waals surface area (Å²) in [5.41, 5.74) is -0.962. The maximum atomic E-state index is 11.9. The molecular weight excluding hydrogens is 240 g/mol. The van der Waals surface area contributed by atoms with E-state index < -0.39 is 17.5 Å². The van der Waals surface area contributed by atoms with Crippen molar-refractivity contribution in [3.05, 3.63) is 23.7 Å². The molecule has 7 heteroatoms. The Bertz CT molecular complexity index is 531. The van der Waals surface area contributed by atoms with Crippen molar-refractivity contribution in [3.63, 3.8) is 0 Å². The first kappa shape index (κ1) is 12.2. The normalized spacial score (nSPS) is 18.0. The number of furan rings is 1. The average molecular weight is 252 g/mol. The molecule has 0 bridgehead atoms. The second-order valence-corrected chi connectivity index (χ2v) is 4.55. The molecule has 1 aromatic rings. The number of carboxylic acid groups (broad SMARTS) is 1. The number of carboxylic acids is 1. The van der Waals surface area contributed by atoms with E-state index in [1.807, 2.05) is 0 Å². The molecule has 1 saturated heterocycles. The van der Waals surface area contributed by atoms with Crippen molar-refractivity contribution in [2.75, 3.05) is 0 Å². The number of urea groups is 1. The number of carbonyl (C=O) groups is 3. The minimum absolute atomic E-state index is 0.0173. The van der Waals surface area contributed by atoms with Crippen molar-refractivity contribution in [2.24, 2.45) is 0 Å². The molecular formula is C11H12N2O5. The molecule has 3 amide bonds. The Balaban J connectivity index is 2.16. The van der Waals surface area contributed by atoms with Crippen molar-refractivity contribution >= 4 is 17.9 Å². The fourth-order valence-corrected chi connectivity index (χ4v) is 1.69. The zero-order valence-electron chi connectivity index (χ0n) is 9.89. The van der Waals surface area contributed by atoms with Gasteiger partial charge >= 0.3 is 12.0 Å². The second-order valence-electron chi connectivity index (χ2n) is 4.55. The summed E-state index contributed by atoms with van der Waals surface area (Å²) in [6.07, 6.45) is 1.07. The van der Waals surface area contributed by atoms with Crippen LogP contribution < -0.4 is 5.32 Å². The molecule has 2 heterocycles. The zero-order chi connectivity index (χ0) is 13.5. The summed E-state index contributed by atoms with van der Waals surface area (Å²) in [6.45, 7) is 3.11. The van der Waals surface area contributed by atoms with Gasteiger partial charge in [0.1, 0.15) is 17.6 Å². The molecule has 0 saturated carbocycles. The molecule has 2 N–H and O–H groups in total. The summed E-state index contributed by atoms with van der Waals surface area (Å²) in [7, 11) is 0. The van der Waals surface area contributed by atoms with Crippen LogP contribution in [0.25, 0.3) is 0 Å². The molecule has 18 heavy (non-hydrogen) atoms. The Morgan fingerprint density at radius 3 is 2.61 bits per heavy atom. The van der Waals surface area contributed by atoms with Crippen molar-refractivity contribution in [2.45, 2.75) is 25.9 Å². The van der Waals surface area contributed by atoms with Crippen molar-refractivity contribution in [1.82, 2.24) is 10.2 Å². The van der Waals surface area contributed by atoms with E-state index in [0.29, 0.717) is 0 Å². The molecule has 7 nitrogen and oxygen atoms in total. The number of hydrogen-bond acceptors (Lipinski definition) is 4. The van der Waals surface area contributed by atoms with Crippen LogP contribution >= 0.6 is 0 Å². The predicted octanol–water partition coefficient (Wildman–Crippen LogP) is 0.808. The number of nitrogens with one attached hydrogen (secondary N) is 1. The van der Waals surface area contributed by atoms with Crippen LogP contribution in [0.5, 0.6) is 0 Å². The van der Waals surface area contributed by atoms with Gasteiger partial charge in [-0.15, -0.1) is 0 Å². The largest absolute Gasteiger partial charge is 0.478 e. The lowest BCUT2D eigenvalue weighted by Gasteiger charge is -2.14. The highest BCUT2D eigenvalue weighted by Gasteiger charge is 2.44. The quantitative estimate of drug-likeness (QED) is 0.775. The smallest absolute Gasteiger partial charge is 0.338 e. The van der Waals surface area contributed by atoms with Crippen molar-refractivity contribution in [3.8, 4) is 0 Å². The fourth-order valence-electron chi connectivity index (χ4n) is 1.69. The summed E-state index contributed by atoms with van der Waals surface area (Å²) in [4.78, 5) is 35.1. The molecule has 1 fully saturated rings. The van der Waals surface area contributed by atoms with Gasteiger partial charge < -0.3 is 14.8 Å². The van der Waals surface area contributed by atoms with Gasteiger partial charge in [-0.1, -0.05) is 0 Å². The van der Waals surface area contributed by atoms with Crippen molar-refractivity contribution < 1.29 is 23.9 Å². The minimum atomic E-state index is -1.12. The first-order chi connectivity index (χ1) is 8.31. The average Bonchev–Trinajstić information content (AvgIpc) is 2.78. The third kappa shape index (κ3) is 1.94. The highest BCUT2D eigenvalue weighted by Crippen LogP contribution is 2.20. The van der Waals surface area contributed by atoms with Crippen LogP contribution in [-0.4, -0.2) is 33.5 Å². The Morgan fingerprint density at radius 2 is 2.17 bits per heavy atom. The van der Waals surface area contributed by atoms with Crippen molar-refractivity contribution in [1.29, 1.82) is 0 Å². The number of amides is 3. The number of imide groups is 1. The molecule has 0 radical (unpaired) electrons. The van der Waals surface area contributed by atoms with Crippen LogP contribution in [0.3, 0.4) is 0 Å². The third-order valence-corrected chi connectivity index (χ3v) is 2.66. The number of hydrogen-bond donors (Lipinski definition) is 2. The fraction of sp³-hybridized carbons (Fsp3) is 0.364. The van der Waals surface area contributed by atoms with Gasteiger partial charge in [0.05, 0.1) is 12.1 Å². The Morgan fingerprint density at radius 1 is 1.50 bits per heavy atom. The standard InChI is InChI=1S/C11H12N2O5/c1-11(2)9(16)13(10(17)12-11)4-7-3-6(5-18-7)8(14)15/h3,5H,4H2,1-2H3,(H,12,17)(H,14,15). The highest BCUT2D eigenvalue weighted by molar-refractivity contribution is 6.06. The maximum absolute atomic E-state index is 11.9. The third-order valence-electron chi connectivity index (χ3n) is 2.66. The van der Waals surface area contributed by atoms with E-state index in [0.717, 1.165) is 11.2 Å². The summed E-state index contributed by atoms with van der Waals surface area (Å²) in [6, 6.07) is 0.770. The summed E-state index contributed by atoms with van der Waals surface area (Å²) in [5.74, 6) is -1.25. The van der Waals surface area contributed by atoms with Gasteiger partial charge in [-0.3, -0.25) is 9.69 Å². The Labute approximate surface area is 102 Å². The van der Waals surface area contributed by atoms with Gasteiger partial charge in [0.25, 0.3) is 5.91 Å². The first-order valence-electron chi connectivity index (χ1n) is 5.26. The molecule has 96 valence electrons. The zero-order valence-corrected chi connectivity index (χ0v) is 9.89. The van der Waals surface area contributed by atoms with Gasteiger partial charge in [0.15, 0.2) is 0 Å². The van der Waals surface area contributed by atoms with Crippen LogP contribution in [0.4, 0.5) is 4.79 Å². The van der Waals surface area contributed by atoms with Crippen LogP contribution in [0.2, 0.25) is 0 Å². The van der Waals surface area contributed by atoms with Crippen LogP contribution in [0.15, 0.2) is 16.7 Å². The number of nitrogens with zero attached hydrogens (tertiary/aromatic N) is 1. The van der Waals surface area contributed by atoms with E-state index in [-0.39, 0.29) is 23.8 Å². The molecule has 0 unspecified atom stereocenters. The molecule has 1 aliphatic rings. The summed E-state index contributed by atoms with van der Waals surface area (Å²) < 4.78 is 5.00. The predicted molar refractivity (Wildman–Crippen MR) is 58.8 cm³/mol. The molecule has 2 rings (SSSR count). The van der Waals surface area contributed by atoms with Crippen LogP contribution in [0, 0.1) is 0 Å². The van der Waals surface area contributed by atoms with E-state index in [2.05, 4.69) is 5.32 Å². The molecule has 0 atom stereocenters. The number of aromatic carboxylic acids is 1. The van der Waals surface area contributed by atoms with E-state index in [9.17, 15) is 14.4 Å². The van der Waals surface area contributed by atoms with E-state index in [4.69, 9.17) is 9.52 Å². The van der Waals surface area contributed by atoms with Gasteiger partial charge in [-0.25, -0.2) is 9.59 Å². The van der Waals surface area contributed by atoms with E-state index >= 15 is 0 Å². The number of carbonyl (C=O) groups excluding carboxylic acids is 2. The monoisotopic (exact) mass is 252 g/mol. The number of rotatable bonds is 3. The lowest BCUT2D eigenvalue weighted by Crippen LogP contribution is -2.40. The first-order valence-corrected chi connectivity index (χ1v) is 5.26. The lowest BCUT2D eigenvalue weighted by atomic mass is 10.1. The second kappa shape index (κ2) is 3.86. The van der Waals surface area contributed by atoms with Gasteiger partial charge in [-0.2, -0.15) is 0 Å². The molecule has 1 aromatic heterocycles. The summed E-state index contributed by atoms with van der Waals surface area (Å²) >= 11 is 0. The van der Waals surface area contributed by atoms with E-state index in [1.54, 1.807) is 13.8 Å². The Hall–Kier alpha value is -2.31. The molecule has 0 aromatic carbocycles. The lowest BCUT2D eigenvalue weighted by molar-refractivity contribution is -0.130. The minimum Gasteiger partial charge on any atom is -0.478 e. The van der Waals surface area contributed by atoms with Gasteiger partial charge in [0, 0.05) is 0 Å². The van der Waals surface area contributed by atoms with Gasteiger partial charge in [-0.05, 0) is 19.9 Å². The topological polar surface area (TPSA) is 99.8 Å². The molecule has 1 aliphatic heterocycles. The van der Waals surface area contributed by atoms with E-state index in [1.165, 1.54) is 6.07 Å². The molecule has 0 spiro atoms. The SMILES string of the molecule is CC1(C)NC(=O)N(Cc2cc(C(=O)O)co2)C1=O. The van der Waals surface area contributed by atoms with Gasteiger partial charge in [0.2, 0.25) is 0 Å². The van der Waals surface area contributed by atoms with Crippen LogP contribution in [0.1, 0.15) is 30.0 Å². The maximum Gasteiger partial charge on any atom is 0.338 e. The summed E-state index contributed by atoms with van der Waals surface area (Å²) in [5, 5.41) is 11.2.